The molecule has 1 atom stereocenters. The van der Waals surface area contributed by atoms with Crippen LogP contribution < -0.4 is 0 Å². The largest absolute Gasteiger partial charge is 0.383 e. The maximum absolute atomic E-state index is 11.7. The molecule has 0 bridgehead atoms. The van der Waals surface area contributed by atoms with Crippen molar-refractivity contribution in [2.45, 2.75) is 0 Å². The summed E-state index contributed by atoms with van der Waals surface area (Å²) in [5.74, 6) is 0.776. The first-order chi connectivity index (χ1) is 6.81. The van der Waals surface area contributed by atoms with Gasteiger partial charge in [-0.3, -0.25) is 14.1 Å². The Morgan fingerprint density at radius 1 is 1.60 bits per heavy atom. The molecule has 0 aliphatic carbocycles. The minimum Gasteiger partial charge on any atom is -0.329 e. The zero-order valence-electron chi connectivity index (χ0n) is 9.34. The molecule has 0 spiro atoms. The van der Waals surface area contributed by atoms with Crippen molar-refractivity contribution in [1.29, 1.82) is 0 Å². The van der Waals surface area contributed by atoms with Gasteiger partial charge in [0, 0.05) is 5.75 Å². The fourth-order valence-corrected chi connectivity index (χ4v) is 3.34. The van der Waals surface area contributed by atoms with E-state index in [1.807, 2.05) is 21.1 Å². The average Bonchev–Trinajstić information content (AvgIpc) is 2.52. The Morgan fingerprint density at radius 2 is 2.27 bits per heavy atom. The van der Waals surface area contributed by atoms with Crippen molar-refractivity contribution >= 4 is 24.1 Å². The highest BCUT2D eigenvalue weighted by Crippen LogP contribution is 2.49. The number of hydrogen-bond acceptors (Lipinski definition) is 4. The summed E-state index contributed by atoms with van der Waals surface area (Å²) in [5.41, 5.74) is 0. The fourth-order valence-electron chi connectivity index (χ4n) is 0.988. The first-order valence-corrected chi connectivity index (χ1v) is 7.33. The van der Waals surface area contributed by atoms with E-state index in [9.17, 15) is 9.46 Å². The van der Waals surface area contributed by atoms with Crippen LogP contribution in [0.2, 0.25) is 0 Å². The van der Waals surface area contributed by atoms with E-state index >= 15 is 0 Å². The third-order valence-electron chi connectivity index (χ3n) is 1.84. The van der Waals surface area contributed by atoms with Gasteiger partial charge in [-0.2, -0.15) is 0 Å². The predicted molar refractivity (Wildman–Crippen MR) is 63.4 cm³/mol. The number of rotatable bonds is 5. The fraction of sp³-hybridized carbons (Fsp3) is 0.875. The van der Waals surface area contributed by atoms with Crippen LogP contribution in [0.5, 0.6) is 0 Å². The second kappa shape index (κ2) is 4.97. The topological polar surface area (TPSA) is 58.9 Å². The SMILES string of the molecule is C[N+](C)(C)CCOP(=O)(O)C1=NCCS1. The van der Waals surface area contributed by atoms with E-state index < -0.39 is 7.60 Å². The molecule has 0 fully saturated rings. The molecule has 1 heterocycles. The predicted octanol–water partition coefficient (Wildman–Crippen LogP) is 0.997. The van der Waals surface area contributed by atoms with E-state index in [0.717, 1.165) is 5.75 Å². The minimum absolute atomic E-state index is 0.268. The van der Waals surface area contributed by atoms with E-state index in [1.165, 1.54) is 11.8 Å². The van der Waals surface area contributed by atoms with Crippen molar-refractivity contribution in [3.05, 3.63) is 0 Å². The lowest BCUT2D eigenvalue weighted by Crippen LogP contribution is -2.37. The second-order valence-corrected chi connectivity index (χ2v) is 7.49. The van der Waals surface area contributed by atoms with Crippen molar-refractivity contribution in [2.24, 2.45) is 4.99 Å². The highest BCUT2D eigenvalue weighted by atomic mass is 32.2. The van der Waals surface area contributed by atoms with Gasteiger partial charge in [0.1, 0.15) is 13.2 Å². The van der Waals surface area contributed by atoms with Gasteiger partial charge in [-0.15, -0.1) is 0 Å². The Bertz CT molecular complexity index is 301. The summed E-state index contributed by atoms with van der Waals surface area (Å²) < 4.78 is 17.4. The zero-order valence-corrected chi connectivity index (χ0v) is 11.1. The van der Waals surface area contributed by atoms with Crippen LogP contribution in [0.25, 0.3) is 0 Å². The van der Waals surface area contributed by atoms with E-state index in [-0.39, 0.29) is 11.4 Å². The van der Waals surface area contributed by atoms with E-state index in [0.29, 0.717) is 17.6 Å². The zero-order chi connectivity index (χ0) is 11.5. The van der Waals surface area contributed by atoms with Gasteiger partial charge in [0.25, 0.3) is 0 Å². The quantitative estimate of drug-likeness (QED) is 0.586. The molecule has 1 aliphatic rings. The van der Waals surface area contributed by atoms with Gasteiger partial charge in [-0.1, -0.05) is 11.8 Å². The van der Waals surface area contributed by atoms with Crippen molar-refractivity contribution in [2.75, 3.05) is 46.6 Å². The number of hydrogen-bond donors (Lipinski definition) is 1. The Balaban J connectivity index is 2.40. The molecule has 1 aliphatic heterocycles. The molecular formula is C8H18N2O3PS+. The third kappa shape index (κ3) is 4.66. The summed E-state index contributed by atoms with van der Waals surface area (Å²) in [6.07, 6.45) is 0. The normalized spacial score (nSPS) is 21.2. The Hall–Kier alpha value is 0.130. The highest BCUT2D eigenvalue weighted by Gasteiger charge is 2.31. The number of nitrogens with zero attached hydrogens (tertiary/aromatic N) is 2. The van der Waals surface area contributed by atoms with Crippen molar-refractivity contribution in [3.8, 4) is 0 Å². The number of thioether (sulfide) groups is 1. The smallest absolute Gasteiger partial charge is 0.329 e. The molecule has 0 aromatic heterocycles. The molecule has 5 nitrogen and oxygen atoms in total. The Labute approximate surface area is 94.6 Å². The van der Waals surface area contributed by atoms with Gasteiger partial charge < -0.3 is 9.38 Å². The molecule has 7 heteroatoms. The monoisotopic (exact) mass is 253 g/mol. The van der Waals surface area contributed by atoms with Crippen LogP contribution in [-0.2, 0) is 9.09 Å². The van der Waals surface area contributed by atoms with Gasteiger partial charge in [-0.25, -0.2) is 0 Å². The summed E-state index contributed by atoms with van der Waals surface area (Å²) in [6, 6.07) is 0. The summed E-state index contributed by atoms with van der Waals surface area (Å²) in [4.78, 5) is 13.8. The molecule has 1 rings (SSSR count). The lowest BCUT2D eigenvalue weighted by atomic mass is 10.5. The van der Waals surface area contributed by atoms with Crippen LogP contribution in [0.4, 0.5) is 0 Å². The molecule has 88 valence electrons. The van der Waals surface area contributed by atoms with Crippen molar-refractivity contribution in [3.63, 3.8) is 0 Å². The molecule has 0 saturated heterocycles. The van der Waals surface area contributed by atoms with Crippen LogP contribution in [0, 0.1) is 0 Å². The van der Waals surface area contributed by atoms with Crippen LogP contribution in [0.15, 0.2) is 4.99 Å². The summed E-state index contributed by atoms with van der Waals surface area (Å²) in [7, 11) is 2.40. The lowest BCUT2D eigenvalue weighted by molar-refractivity contribution is -0.870. The van der Waals surface area contributed by atoms with Gasteiger partial charge in [0.15, 0.2) is 4.78 Å². The second-order valence-electron chi connectivity index (χ2n) is 4.38. The van der Waals surface area contributed by atoms with Gasteiger partial charge in [0.2, 0.25) is 0 Å². The minimum atomic E-state index is -3.62. The van der Waals surface area contributed by atoms with E-state index in [2.05, 4.69) is 4.99 Å². The third-order valence-corrected chi connectivity index (χ3v) is 4.85. The Kier molecular flexibility index (Phi) is 4.38. The summed E-state index contributed by atoms with van der Waals surface area (Å²) in [5, 5.41) is 0. The van der Waals surface area contributed by atoms with Crippen molar-refractivity contribution < 1.29 is 18.5 Å². The number of quaternary nitrogens is 1. The Morgan fingerprint density at radius 3 is 2.73 bits per heavy atom. The lowest BCUT2D eigenvalue weighted by Gasteiger charge is -2.24. The first-order valence-electron chi connectivity index (χ1n) is 4.77. The van der Waals surface area contributed by atoms with Gasteiger partial charge >= 0.3 is 7.60 Å². The number of likely N-dealkylation sites (N-methyl/N-ethyl adjacent to an activating group) is 1. The molecule has 0 radical (unpaired) electrons. The molecule has 0 saturated carbocycles. The van der Waals surface area contributed by atoms with Crippen LogP contribution >= 0.6 is 19.4 Å². The van der Waals surface area contributed by atoms with Crippen molar-refractivity contribution in [1.82, 2.24) is 0 Å². The maximum Gasteiger partial charge on any atom is 0.383 e. The summed E-state index contributed by atoms with van der Waals surface area (Å²) in [6.45, 7) is 1.59. The van der Waals surface area contributed by atoms with Gasteiger partial charge in [0.05, 0.1) is 27.7 Å². The summed E-state index contributed by atoms with van der Waals surface area (Å²) >= 11 is 1.31. The molecule has 1 N–H and O–H groups in total. The van der Waals surface area contributed by atoms with E-state index in [1.54, 1.807) is 0 Å². The standard InChI is InChI=1S/C8H17N2O3PS/c1-10(2,3)5-6-13-14(11,12)8-9-4-7-15-8/h4-7H2,1-3H3/p+1. The molecule has 15 heavy (non-hydrogen) atoms. The molecule has 0 aromatic carbocycles. The van der Waals surface area contributed by atoms with Gasteiger partial charge in [-0.05, 0) is 0 Å². The van der Waals surface area contributed by atoms with Crippen LogP contribution in [0.1, 0.15) is 0 Å². The number of aliphatic imine (C=N–C) groups is 1. The molecular weight excluding hydrogens is 235 g/mol. The van der Waals surface area contributed by atoms with Crippen LogP contribution in [-0.4, -0.2) is 60.8 Å². The molecule has 0 amide bonds. The first kappa shape index (κ1) is 13.2. The molecule has 1 unspecified atom stereocenters. The average molecular weight is 253 g/mol. The maximum atomic E-state index is 11.7. The molecule has 0 aromatic rings. The highest BCUT2D eigenvalue weighted by molar-refractivity contribution is 8.25. The van der Waals surface area contributed by atoms with Crippen LogP contribution in [0.3, 0.4) is 0 Å². The van der Waals surface area contributed by atoms with E-state index in [4.69, 9.17) is 4.52 Å².